The molecule has 0 spiro atoms. The highest BCUT2D eigenvalue weighted by atomic mass is 35.5. The van der Waals surface area contributed by atoms with Crippen LogP contribution in [0.15, 0.2) is 0 Å². The van der Waals surface area contributed by atoms with Gasteiger partial charge < -0.3 is 21.1 Å². The molecule has 0 aromatic rings. The second kappa shape index (κ2) is 9.19. The summed E-state index contributed by atoms with van der Waals surface area (Å²) in [5, 5.41) is 0. The van der Waals surface area contributed by atoms with Gasteiger partial charge in [0.15, 0.2) is 0 Å². The summed E-state index contributed by atoms with van der Waals surface area (Å²) < 4.78 is 5.48. The minimum atomic E-state index is -0.598. The Morgan fingerprint density at radius 3 is 1.25 bits per heavy atom. The van der Waals surface area contributed by atoms with Crippen LogP contribution in [-0.4, -0.2) is 37.5 Å². The van der Waals surface area contributed by atoms with Gasteiger partial charge in [-0.3, -0.25) is 0 Å². The van der Waals surface area contributed by atoms with Crippen molar-refractivity contribution in [1.29, 1.82) is 0 Å². The monoisotopic (exact) mass is 255 g/mol. The summed E-state index contributed by atoms with van der Waals surface area (Å²) in [5.74, 6) is 0. The quantitative estimate of drug-likeness (QED) is 0.752. The maximum absolute atomic E-state index is 5.78. The number of rotatable bonds is 4. The highest BCUT2D eigenvalue weighted by molar-refractivity contribution is 5.85. The molecule has 2 unspecified atom stereocenters. The maximum atomic E-state index is 5.78. The lowest BCUT2D eigenvalue weighted by molar-refractivity contribution is -0.138. The molecule has 0 rings (SSSR count). The summed E-state index contributed by atoms with van der Waals surface area (Å²) in [7, 11) is 6.00. The van der Waals surface area contributed by atoms with Gasteiger partial charge in [-0.2, -0.15) is 0 Å². The third-order valence-corrected chi connectivity index (χ3v) is 1.87. The van der Waals surface area contributed by atoms with Gasteiger partial charge in [-0.15, -0.1) is 12.4 Å². The van der Waals surface area contributed by atoms with Crippen LogP contribution in [0, 0.1) is 0 Å². The summed E-state index contributed by atoms with van der Waals surface area (Å²) >= 11 is 0. The Kier molecular flexibility index (Phi) is 12.3. The predicted molar refractivity (Wildman–Crippen MR) is 73.7 cm³/mol. The molecule has 0 heterocycles. The minimum absolute atomic E-state index is 0. The van der Waals surface area contributed by atoms with Gasteiger partial charge in [0.2, 0.25) is 0 Å². The van der Waals surface area contributed by atoms with Crippen molar-refractivity contribution in [3.8, 4) is 0 Å². The lowest BCUT2D eigenvalue weighted by atomic mass is 10.1. The molecule has 4 nitrogen and oxygen atoms in total. The fourth-order valence-corrected chi connectivity index (χ4v) is 0.677. The fraction of sp³-hybridized carbons (Fsp3) is 1.00. The van der Waals surface area contributed by atoms with Crippen molar-refractivity contribution >= 4 is 12.4 Å². The molecule has 2 atom stereocenters. The van der Waals surface area contributed by atoms with Gasteiger partial charge in [-0.1, -0.05) is 13.8 Å². The van der Waals surface area contributed by atoms with Crippen molar-refractivity contribution in [3.05, 3.63) is 0 Å². The number of hydrogen-bond acceptors (Lipinski definition) is 4. The molecular weight excluding hydrogens is 226 g/mol. The average molecular weight is 256 g/mol. The second-order valence-corrected chi connectivity index (χ2v) is 4.78. The molecule has 0 saturated heterocycles. The van der Waals surface area contributed by atoms with E-state index in [1.807, 2.05) is 53.7 Å². The first-order valence-corrected chi connectivity index (χ1v) is 5.45. The zero-order valence-corrected chi connectivity index (χ0v) is 12.6. The van der Waals surface area contributed by atoms with E-state index >= 15 is 0 Å². The number of ether oxygens (including phenoxy) is 1. The molecule has 0 aromatic heterocycles. The number of hydrogen-bond donors (Lipinski definition) is 2. The first-order chi connectivity index (χ1) is 6.56. The van der Waals surface area contributed by atoms with Crippen LogP contribution in [0.4, 0.5) is 0 Å². The average Bonchev–Trinajstić information content (AvgIpc) is 2.02. The van der Waals surface area contributed by atoms with Crippen LogP contribution in [0.1, 0.15) is 40.5 Å². The van der Waals surface area contributed by atoms with Crippen molar-refractivity contribution in [2.75, 3.05) is 21.1 Å². The van der Waals surface area contributed by atoms with Crippen LogP contribution in [0.5, 0.6) is 0 Å². The van der Waals surface area contributed by atoms with Gasteiger partial charge >= 0.3 is 0 Å². The van der Waals surface area contributed by atoms with E-state index in [0.717, 1.165) is 12.8 Å². The molecule has 0 amide bonds. The van der Waals surface area contributed by atoms with Gasteiger partial charge in [0.25, 0.3) is 0 Å². The van der Waals surface area contributed by atoms with Crippen LogP contribution >= 0.6 is 12.4 Å². The van der Waals surface area contributed by atoms with Crippen molar-refractivity contribution < 1.29 is 4.74 Å². The van der Waals surface area contributed by atoms with Crippen molar-refractivity contribution in [2.24, 2.45) is 11.5 Å². The summed E-state index contributed by atoms with van der Waals surface area (Å²) in [6.45, 7) is 7.64. The van der Waals surface area contributed by atoms with Gasteiger partial charge in [-0.05, 0) is 47.8 Å². The molecule has 0 saturated carbocycles. The summed E-state index contributed by atoms with van der Waals surface area (Å²) in [6, 6.07) is 0. The normalized spacial score (nSPS) is 17.6. The highest BCUT2D eigenvalue weighted by Crippen LogP contribution is 2.17. The molecule has 0 aliphatic rings. The van der Waals surface area contributed by atoms with Crippen molar-refractivity contribution in [3.63, 3.8) is 0 Å². The minimum Gasteiger partial charge on any atom is -0.341 e. The standard InChI is InChI=1S/C8H20N2O.C3H9N.ClH/c1-5-7(3,9)11-8(4,10)6-2;1-4(2)3;/h5-6,9-10H2,1-4H3;1-3H3;1H. The van der Waals surface area contributed by atoms with E-state index in [4.69, 9.17) is 16.2 Å². The molecule has 0 aliphatic carbocycles. The Labute approximate surface area is 107 Å². The molecule has 5 heteroatoms. The Hall–Kier alpha value is 0.130. The molecule has 0 fully saturated rings. The summed E-state index contributed by atoms with van der Waals surface area (Å²) in [4.78, 5) is 2.00. The van der Waals surface area contributed by atoms with Crippen LogP contribution < -0.4 is 11.5 Å². The molecule has 102 valence electrons. The third-order valence-electron chi connectivity index (χ3n) is 1.87. The second-order valence-electron chi connectivity index (χ2n) is 4.78. The van der Waals surface area contributed by atoms with Crippen LogP contribution in [0.25, 0.3) is 0 Å². The van der Waals surface area contributed by atoms with E-state index in [1.165, 1.54) is 0 Å². The fourth-order valence-electron chi connectivity index (χ4n) is 0.677. The molecule has 16 heavy (non-hydrogen) atoms. The zero-order chi connectivity index (χ0) is 12.7. The molecule has 4 N–H and O–H groups in total. The van der Waals surface area contributed by atoms with E-state index in [0.29, 0.717) is 0 Å². The van der Waals surface area contributed by atoms with Crippen LogP contribution in [0.3, 0.4) is 0 Å². The maximum Gasteiger partial charge on any atom is 0.116 e. The predicted octanol–water partition coefficient (Wildman–Crippen LogP) is 1.77. The Morgan fingerprint density at radius 1 is 0.938 bits per heavy atom. The lowest BCUT2D eigenvalue weighted by Gasteiger charge is -2.34. The number of nitrogens with zero attached hydrogens (tertiary/aromatic N) is 1. The Balaban J connectivity index is -0.000000292. The van der Waals surface area contributed by atoms with E-state index in [9.17, 15) is 0 Å². The van der Waals surface area contributed by atoms with E-state index < -0.39 is 11.4 Å². The first-order valence-electron chi connectivity index (χ1n) is 5.45. The van der Waals surface area contributed by atoms with Gasteiger partial charge in [0, 0.05) is 0 Å². The summed E-state index contributed by atoms with van der Waals surface area (Å²) in [6.07, 6.45) is 1.53. The van der Waals surface area contributed by atoms with Gasteiger partial charge in [0.1, 0.15) is 11.4 Å². The Bertz CT molecular complexity index is 145. The molecule has 0 bridgehead atoms. The largest absolute Gasteiger partial charge is 0.341 e. The van der Waals surface area contributed by atoms with Crippen LogP contribution in [0.2, 0.25) is 0 Å². The topological polar surface area (TPSA) is 64.5 Å². The lowest BCUT2D eigenvalue weighted by Crippen LogP contribution is -2.51. The van der Waals surface area contributed by atoms with Crippen molar-refractivity contribution in [1.82, 2.24) is 4.90 Å². The van der Waals surface area contributed by atoms with E-state index in [2.05, 4.69) is 0 Å². The smallest absolute Gasteiger partial charge is 0.116 e. The molecule has 0 radical (unpaired) electrons. The van der Waals surface area contributed by atoms with Crippen molar-refractivity contribution in [2.45, 2.75) is 52.0 Å². The van der Waals surface area contributed by atoms with E-state index in [-0.39, 0.29) is 12.4 Å². The third kappa shape index (κ3) is 16.6. The van der Waals surface area contributed by atoms with Crippen LogP contribution in [-0.2, 0) is 4.74 Å². The number of halogens is 1. The Morgan fingerprint density at radius 2 is 1.12 bits per heavy atom. The van der Waals surface area contributed by atoms with E-state index in [1.54, 1.807) is 0 Å². The van der Waals surface area contributed by atoms with Gasteiger partial charge in [-0.25, -0.2) is 0 Å². The first kappa shape index (κ1) is 21.4. The number of nitrogens with two attached hydrogens (primary N) is 2. The molecule has 0 aliphatic heterocycles. The highest BCUT2D eigenvalue weighted by Gasteiger charge is 2.26. The molecular formula is C11H30ClN3O. The summed E-state index contributed by atoms with van der Waals surface area (Å²) in [5.41, 5.74) is 10.4. The zero-order valence-electron chi connectivity index (χ0n) is 11.8. The SMILES string of the molecule is CCC(C)(N)OC(C)(N)CC.CN(C)C.Cl. The molecule has 0 aromatic carbocycles. The van der Waals surface area contributed by atoms with Gasteiger partial charge in [0.05, 0.1) is 0 Å².